The molecular formula is C21H29N3O4. The van der Waals surface area contributed by atoms with Gasteiger partial charge < -0.3 is 19.2 Å². The quantitative estimate of drug-likeness (QED) is 0.711. The Morgan fingerprint density at radius 1 is 1.25 bits per heavy atom. The van der Waals surface area contributed by atoms with E-state index >= 15 is 0 Å². The van der Waals surface area contributed by atoms with Crippen molar-refractivity contribution < 1.29 is 19.1 Å². The van der Waals surface area contributed by atoms with Gasteiger partial charge >= 0.3 is 0 Å². The van der Waals surface area contributed by atoms with Crippen molar-refractivity contribution in [1.29, 1.82) is 0 Å². The Morgan fingerprint density at radius 3 is 2.86 bits per heavy atom. The number of aliphatic hydroxyl groups excluding tert-OH is 1. The van der Waals surface area contributed by atoms with E-state index in [1.165, 1.54) is 0 Å². The Hall–Kier alpha value is -2.41. The van der Waals surface area contributed by atoms with Crippen molar-refractivity contribution in [3.63, 3.8) is 0 Å². The van der Waals surface area contributed by atoms with Gasteiger partial charge in [0.1, 0.15) is 5.75 Å². The zero-order valence-electron chi connectivity index (χ0n) is 16.5. The van der Waals surface area contributed by atoms with E-state index in [0.29, 0.717) is 37.5 Å². The molecule has 1 aliphatic rings. The van der Waals surface area contributed by atoms with Crippen LogP contribution in [0, 0.1) is 0 Å². The Balaban J connectivity index is 1.48. The van der Waals surface area contributed by atoms with Crippen LogP contribution in [0.1, 0.15) is 49.4 Å². The molecule has 1 aliphatic heterocycles. The molecule has 0 spiro atoms. The molecule has 0 radical (unpaired) electrons. The first-order chi connectivity index (χ1) is 13.7. The number of aryl methyl sites for hydroxylation is 3. The summed E-state index contributed by atoms with van der Waals surface area (Å²) in [6.07, 6.45) is 6.03. The van der Waals surface area contributed by atoms with Gasteiger partial charge in [-0.05, 0) is 49.8 Å². The third-order valence-electron chi connectivity index (χ3n) is 5.23. The van der Waals surface area contributed by atoms with Crippen LogP contribution in [-0.4, -0.2) is 52.4 Å². The van der Waals surface area contributed by atoms with E-state index in [1.54, 1.807) is 7.11 Å². The number of aromatic nitrogens is 2. The largest absolute Gasteiger partial charge is 0.497 e. The number of hydrogen-bond donors (Lipinski definition) is 1. The second-order valence-corrected chi connectivity index (χ2v) is 7.19. The predicted molar refractivity (Wildman–Crippen MR) is 104 cm³/mol. The van der Waals surface area contributed by atoms with Crippen LogP contribution < -0.4 is 4.74 Å². The number of rotatable bonds is 9. The highest BCUT2D eigenvalue weighted by molar-refractivity contribution is 5.76. The summed E-state index contributed by atoms with van der Waals surface area (Å²) in [6, 6.07) is 8.08. The summed E-state index contributed by atoms with van der Waals surface area (Å²) in [6.45, 7) is 0.897. The van der Waals surface area contributed by atoms with Crippen LogP contribution in [0.3, 0.4) is 0 Å². The molecule has 2 aromatic rings. The molecule has 1 amide bonds. The van der Waals surface area contributed by atoms with Crippen LogP contribution in [0.4, 0.5) is 0 Å². The van der Waals surface area contributed by atoms with Crippen LogP contribution in [0.5, 0.6) is 5.75 Å². The number of methoxy groups -OCH3 is 1. The minimum absolute atomic E-state index is 0.106. The fourth-order valence-corrected chi connectivity index (χ4v) is 3.71. The molecule has 0 aliphatic carbocycles. The number of hydrogen-bond acceptors (Lipinski definition) is 6. The van der Waals surface area contributed by atoms with Gasteiger partial charge in [0.25, 0.3) is 0 Å². The van der Waals surface area contributed by atoms with Crippen molar-refractivity contribution >= 4 is 5.91 Å². The number of ether oxygens (including phenoxy) is 1. The monoisotopic (exact) mass is 387 g/mol. The van der Waals surface area contributed by atoms with E-state index in [2.05, 4.69) is 10.2 Å². The van der Waals surface area contributed by atoms with Gasteiger partial charge in [-0.15, -0.1) is 10.2 Å². The molecule has 7 nitrogen and oxygen atoms in total. The first-order valence-corrected chi connectivity index (χ1v) is 10.0. The number of likely N-dealkylation sites (tertiary alicyclic amines) is 1. The average Bonchev–Trinajstić information content (AvgIpc) is 3.19. The second kappa shape index (κ2) is 10.2. The molecule has 1 unspecified atom stereocenters. The van der Waals surface area contributed by atoms with Crippen LogP contribution in [0.15, 0.2) is 28.7 Å². The summed E-state index contributed by atoms with van der Waals surface area (Å²) < 4.78 is 10.9. The number of aliphatic hydroxyl groups is 1. The number of benzene rings is 1. The summed E-state index contributed by atoms with van der Waals surface area (Å²) in [5.41, 5.74) is 1.15. The predicted octanol–water partition coefficient (Wildman–Crippen LogP) is 2.56. The Labute approximate surface area is 165 Å². The van der Waals surface area contributed by atoms with E-state index in [4.69, 9.17) is 9.15 Å². The third kappa shape index (κ3) is 5.55. The number of amides is 1. The highest BCUT2D eigenvalue weighted by Crippen LogP contribution is 2.21. The van der Waals surface area contributed by atoms with E-state index in [-0.39, 0.29) is 18.6 Å². The van der Waals surface area contributed by atoms with Crippen molar-refractivity contribution in [2.45, 2.75) is 57.4 Å². The number of carbonyl (C=O) groups is 1. The van der Waals surface area contributed by atoms with Crippen molar-refractivity contribution in [2.75, 3.05) is 20.3 Å². The molecule has 7 heteroatoms. The SMILES string of the molecule is COc1cccc(CCc2nnc(CCC(=O)N3CCCCC3CCO)o2)c1. The zero-order valence-corrected chi connectivity index (χ0v) is 16.5. The summed E-state index contributed by atoms with van der Waals surface area (Å²) in [5.74, 6) is 2.03. The molecule has 3 rings (SSSR count). The lowest BCUT2D eigenvalue weighted by Crippen LogP contribution is -2.44. The smallest absolute Gasteiger partial charge is 0.223 e. The van der Waals surface area contributed by atoms with E-state index in [9.17, 15) is 9.90 Å². The molecule has 1 atom stereocenters. The van der Waals surface area contributed by atoms with Gasteiger partial charge in [-0.25, -0.2) is 0 Å². The molecule has 1 N–H and O–H groups in total. The standard InChI is InChI=1S/C21H29N3O4/c1-27-18-7-4-5-16(15-18)8-9-19-22-23-20(28-19)10-11-21(26)24-13-3-2-6-17(24)12-14-25/h4-5,7,15,17,25H,2-3,6,8-14H2,1H3. The lowest BCUT2D eigenvalue weighted by Gasteiger charge is -2.35. The van der Waals surface area contributed by atoms with Crippen LogP contribution in [-0.2, 0) is 24.1 Å². The minimum atomic E-state index is 0.106. The van der Waals surface area contributed by atoms with Crippen LogP contribution in [0.2, 0.25) is 0 Å². The topological polar surface area (TPSA) is 88.7 Å². The average molecular weight is 387 g/mol. The zero-order chi connectivity index (χ0) is 19.8. The fourth-order valence-electron chi connectivity index (χ4n) is 3.71. The van der Waals surface area contributed by atoms with Crippen molar-refractivity contribution in [3.8, 4) is 5.75 Å². The highest BCUT2D eigenvalue weighted by Gasteiger charge is 2.26. The lowest BCUT2D eigenvalue weighted by atomic mass is 9.99. The maximum absolute atomic E-state index is 12.6. The number of carbonyl (C=O) groups excluding carboxylic acids is 1. The van der Waals surface area contributed by atoms with Gasteiger partial charge in [-0.1, -0.05) is 12.1 Å². The van der Waals surface area contributed by atoms with Crippen molar-refractivity contribution in [3.05, 3.63) is 41.6 Å². The molecule has 28 heavy (non-hydrogen) atoms. The van der Waals surface area contributed by atoms with Gasteiger partial charge in [0.05, 0.1) is 7.11 Å². The minimum Gasteiger partial charge on any atom is -0.497 e. The molecule has 1 aromatic carbocycles. The highest BCUT2D eigenvalue weighted by atomic mass is 16.5. The Kier molecular flexibility index (Phi) is 7.42. The lowest BCUT2D eigenvalue weighted by molar-refractivity contribution is -0.135. The Bertz CT molecular complexity index is 760. The van der Waals surface area contributed by atoms with Crippen LogP contribution >= 0.6 is 0 Å². The number of piperidine rings is 1. The maximum atomic E-state index is 12.6. The number of nitrogens with zero attached hydrogens (tertiary/aromatic N) is 3. The molecule has 0 saturated carbocycles. The molecule has 1 fully saturated rings. The van der Waals surface area contributed by atoms with E-state index in [1.807, 2.05) is 29.2 Å². The van der Waals surface area contributed by atoms with Gasteiger partial charge in [0.2, 0.25) is 17.7 Å². The Morgan fingerprint density at radius 2 is 2.07 bits per heavy atom. The summed E-state index contributed by atoms with van der Waals surface area (Å²) >= 11 is 0. The van der Waals surface area contributed by atoms with E-state index in [0.717, 1.165) is 43.5 Å². The molecular weight excluding hydrogens is 358 g/mol. The molecule has 152 valence electrons. The van der Waals surface area contributed by atoms with Gasteiger partial charge in [0, 0.05) is 38.5 Å². The van der Waals surface area contributed by atoms with Crippen molar-refractivity contribution in [1.82, 2.24) is 15.1 Å². The molecule has 0 bridgehead atoms. The molecule has 1 aromatic heterocycles. The summed E-state index contributed by atoms with van der Waals surface area (Å²) in [5, 5.41) is 17.4. The molecule has 1 saturated heterocycles. The summed E-state index contributed by atoms with van der Waals surface area (Å²) in [4.78, 5) is 14.5. The normalized spacial score (nSPS) is 16.9. The van der Waals surface area contributed by atoms with Gasteiger partial charge in [-0.2, -0.15) is 0 Å². The molecule has 2 heterocycles. The van der Waals surface area contributed by atoms with Crippen molar-refractivity contribution in [2.24, 2.45) is 0 Å². The fraction of sp³-hybridized carbons (Fsp3) is 0.571. The van der Waals surface area contributed by atoms with Gasteiger partial charge in [-0.3, -0.25) is 4.79 Å². The third-order valence-corrected chi connectivity index (χ3v) is 5.23. The first-order valence-electron chi connectivity index (χ1n) is 10.0. The summed E-state index contributed by atoms with van der Waals surface area (Å²) in [7, 11) is 1.65. The van der Waals surface area contributed by atoms with E-state index < -0.39 is 0 Å². The van der Waals surface area contributed by atoms with Gasteiger partial charge in [0.15, 0.2) is 0 Å². The second-order valence-electron chi connectivity index (χ2n) is 7.19. The first kappa shape index (κ1) is 20.3. The van der Waals surface area contributed by atoms with Crippen LogP contribution in [0.25, 0.3) is 0 Å². The maximum Gasteiger partial charge on any atom is 0.223 e.